The van der Waals surface area contributed by atoms with Crippen molar-refractivity contribution in [2.24, 2.45) is 5.73 Å². The van der Waals surface area contributed by atoms with E-state index in [1.54, 1.807) is 19.1 Å². The maximum Gasteiger partial charge on any atom is 0.240 e. The van der Waals surface area contributed by atoms with Crippen LogP contribution < -0.4 is 10.5 Å². The van der Waals surface area contributed by atoms with Crippen LogP contribution in [0, 0.1) is 0 Å². The van der Waals surface area contributed by atoms with Crippen molar-refractivity contribution in [3.05, 3.63) is 29.8 Å². The second-order valence-electron chi connectivity index (χ2n) is 5.53. The number of nitrogens with one attached hydrogen (secondary N) is 1. The largest absolute Gasteiger partial charge is 0.329 e. The molecule has 4 nitrogen and oxygen atoms in total. The first kappa shape index (κ1) is 18.4. The van der Waals surface area contributed by atoms with Crippen LogP contribution >= 0.6 is 12.4 Å². The van der Waals surface area contributed by atoms with Gasteiger partial charge in [-0.2, -0.15) is 0 Å². The first-order chi connectivity index (χ1) is 8.16. The van der Waals surface area contributed by atoms with E-state index in [-0.39, 0.29) is 35.3 Å². The average molecular weight is 307 g/mol. The van der Waals surface area contributed by atoms with E-state index in [4.69, 9.17) is 5.73 Å². The Kier molecular flexibility index (Phi) is 6.48. The third-order valence-corrected chi connectivity index (χ3v) is 4.35. The SMILES string of the molecule is C[C@@H](CN)NS(=O)(=O)c1ccc(C(C)(C)C)cc1.Cl. The van der Waals surface area contributed by atoms with Gasteiger partial charge in [0.25, 0.3) is 0 Å². The van der Waals surface area contributed by atoms with Crippen LogP contribution in [0.4, 0.5) is 0 Å². The second kappa shape index (κ2) is 6.70. The van der Waals surface area contributed by atoms with Gasteiger partial charge in [0.1, 0.15) is 0 Å². The lowest BCUT2D eigenvalue weighted by Crippen LogP contribution is -2.37. The van der Waals surface area contributed by atoms with Gasteiger partial charge in [-0.15, -0.1) is 12.4 Å². The van der Waals surface area contributed by atoms with E-state index < -0.39 is 10.0 Å². The molecule has 0 spiro atoms. The molecule has 0 amide bonds. The predicted octanol–water partition coefficient (Wildman–Crippen LogP) is 2.03. The highest BCUT2D eigenvalue weighted by atomic mass is 35.5. The molecular weight excluding hydrogens is 284 g/mol. The van der Waals surface area contributed by atoms with Crippen LogP contribution in [0.15, 0.2) is 29.2 Å². The summed E-state index contributed by atoms with van der Waals surface area (Å²) in [6.07, 6.45) is 0. The Balaban J connectivity index is 0.00000324. The van der Waals surface area contributed by atoms with Crippen molar-refractivity contribution in [3.63, 3.8) is 0 Å². The lowest BCUT2D eigenvalue weighted by atomic mass is 9.87. The first-order valence-corrected chi connectivity index (χ1v) is 7.48. The van der Waals surface area contributed by atoms with E-state index in [2.05, 4.69) is 25.5 Å². The molecule has 0 aliphatic carbocycles. The van der Waals surface area contributed by atoms with Gasteiger partial charge in [0, 0.05) is 12.6 Å². The minimum atomic E-state index is -3.46. The number of hydrogen-bond donors (Lipinski definition) is 2. The smallest absolute Gasteiger partial charge is 0.240 e. The van der Waals surface area contributed by atoms with Gasteiger partial charge in [0.15, 0.2) is 0 Å². The number of benzene rings is 1. The quantitative estimate of drug-likeness (QED) is 0.894. The summed E-state index contributed by atoms with van der Waals surface area (Å²) in [7, 11) is -3.46. The molecule has 0 saturated heterocycles. The maximum atomic E-state index is 12.0. The minimum Gasteiger partial charge on any atom is -0.329 e. The number of hydrogen-bond acceptors (Lipinski definition) is 3. The summed E-state index contributed by atoms with van der Waals surface area (Å²) in [6, 6.07) is 6.69. The number of nitrogens with two attached hydrogens (primary N) is 1. The molecule has 0 saturated carbocycles. The van der Waals surface area contributed by atoms with Crippen molar-refractivity contribution in [3.8, 4) is 0 Å². The molecule has 19 heavy (non-hydrogen) atoms. The third kappa shape index (κ3) is 5.10. The maximum absolute atomic E-state index is 12.0. The summed E-state index contributed by atoms with van der Waals surface area (Å²) in [5, 5.41) is 0. The summed E-state index contributed by atoms with van der Waals surface area (Å²) < 4.78 is 26.5. The molecule has 1 aromatic rings. The standard InChI is InChI=1S/C13H22N2O2S.ClH/c1-10(9-14)15-18(16,17)12-7-5-11(6-8-12)13(2,3)4;/h5-8,10,15H,9,14H2,1-4H3;1H/t10-;/m0./s1. The molecule has 0 aliphatic heterocycles. The normalized spacial score (nSPS) is 13.7. The van der Waals surface area contributed by atoms with Crippen molar-refractivity contribution >= 4 is 22.4 Å². The van der Waals surface area contributed by atoms with E-state index in [9.17, 15) is 8.42 Å². The topological polar surface area (TPSA) is 72.2 Å². The molecule has 6 heteroatoms. The fourth-order valence-corrected chi connectivity index (χ4v) is 2.77. The van der Waals surface area contributed by atoms with Gasteiger partial charge < -0.3 is 5.73 Å². The Morgan fingerprint density at radius 3 is 2.05 bits per heavy atom. The van der Waals surface area contributed by atoms with Crippen LogP contribution in [0.3, 0.4) is 0 Å². The van der Waals surface area contributed by atoms with Gasteiger partial charge in [-0.3, -0.25) is 0 Å². The molecule has 0 bridgehead atoms. The van der Waals surface area contributed by atoms with Crippen LogP contribution in [-0.2, 0) is 15.4 Å². The molecule has 0 aliphatic rings. The van der Waals surface area contributed by atoms with E-state index in [1.165, 1.54) is 0 Å². The molecule has 0 radical (unpaired) electrons. The zero-order chi connectivity index (χ0) is 14.0. The van der Waals surface area contributed by atoms with Crippen molar-refractivity contribution in [1.29, 1.82) is 0 Å². The van der Waals surface area contributed by atoms with Gasteiger partial charge in [0.05, 0.1) is 4.90 Å². The third-order valence-electron chi connectivity index (χ3n) is 2.74. The predicted molar refractivity (Wildman–Crippen MR) is 81.2 cm³/mol. The molecule has 0 unspecified atom stereocenters. The lowest BCUT2D eigenvalue weighted by molar-refractivity contribution is 0.561. The Morgan fingerprint density at radius 2 is 1.68 bits per heavy atom. The Morgan fingerprint density at radius 1 is 1.21 bits per heavy atom. The molecule has 1 atom stereocenters. The van der Waals surface area contributed by atoms with E-state index >= 15 is 0 Å². The highest BCUT2D eigenvalue weighted by Crippen LogP contribution is 2.23. The summed E-state index contributed by atoms with van der Waals surface area (Å²) in [6.45, 7) is 8.28. The van der Waals surface area contributed by atoms with Crippen LogP contribution in [0.1, 0.15) is 33.3 Å². The van der Waals surface area contributed by atoms with Crippen LogP contribution in [0.5, 0.6) is 0 Å². The Hall–Kier alpha value is -0.620. The van der Waals surface area contributed by atoms with Gasteiger partial charge in [-0.1, -0.05) is 32.9 Å². The molecular formula is C13H23ClN2O2S. The van der Waals surface area contributed by atoms with Gasteiger partial charge in [0.2, 0.25) is 10.0 Å². The molecule has 0 heterocycles. The van der Waals surface area contributed by atoms with Crippen molar-refractivity contribution in [2.75, 3.05) is 6.54 Å². The van der Waals surface area contributed by atoms with Crippen molar-refractivity contribution < 1.29 is 8.42 Å². The molecule has 3 N–H and O–H groups in total. The summed E-state index contributed by atoms with van der Waals surface area (Å²) in [4.78, 5) is 0.274. The molecule has 1 rings (SSSR count). The van der Waals surface area contributed by atoms with Crippen molar-refractivity contribution in [1.82, 2.24) is 4.72 Å². The Bertz CT molecular complexity index is 492. The number of rotatable bonds is 4. The van der Waals surface area contributed by atoms with E-state index in [0.29, 0.717) is 0 Å². The fraction of sp³-hybridized carbons (Fsp3) is 0.538. The second-order valence-corrected chi connectivity index (χ2v) is 7.25. The van der Waals surface area contributed by atoms with E-state index in [1.807, 2.05) is 12.1 Å². The molecule has 0 fully saturated rings. The number of sulfonamides is 1. The molecule has 110 valence electrons. The Labute approximate surface area is 122 Å². The van der Waals surface area contributed by atoms with Gasteiger partial charge in [-0.05, 0) is 30.0 Å². The van der Waals surface area contributed by atoms with Crippen molar-refractivity contribution in [2.45, 2.75) is 44.0 Å². The summed E-state index contributed by atoms with van der Waals surface area (Å²) in [5.41, 5.74) is 6.53. The van der Waals surface area contributed by atoms with Gasteiger partial charge in [-0.25, -0.2) is 13.1 Å². The summed E-state index contributed by atoms with van der Waals surface area (Å²) >= 11 is 0. The zero-order valence-electron chi connectivity index (χ0n) is 11.8. The zero-order valence-corrected chi connectivity index (χ0v) is 13.4. The fourth-order valence-electron chi connectivity index (χ4n) is 1.52. The van der Waals surface area contributed by atoms with Crippen LogP contribution in [0.2, 0.25) is 0 Å². The number of halogens is 1. The minimum absolute atomic E-state index is 0. The highest BCUT2D eigenvalue weighted by molar-refractivity contribution is 7.89. The van der Waals surface area contributed by atoms with Crippen LogP contribution in [-0.4, -0.2) is 21.0 Å². The van der Waals surface area contributed by atoms with Gasteiger partial charge >= 0.3 is 0 Å². The molecule has 1 aromatic carbocycles. The monoisotopic (exact) mass is 306 g/mol. The molecule has 0 aromatic heterocycles. The van der Waals surface area contributed by atoms with E-state index in [0.717, 1.165) is 5.56 Å². The average Bonchev–Trinajstić information content (AvgIpc) is 2.27. The van der Waals surface area contributed by atoms with Crippen LogP contribution in [0.25, 0.3) is 0 Å². The lowest BCUT2D eigenvalue weighted by Gasteiger charge is -2.19. The first-order valence-electron chi connectivity index (χ1n) is 6.00. The summed E-state index contributed by atoms with van der Waals surface area (Å²) in [5.74, 6) is 0. The highest BCUT2D eigenvalue weighted by Gasteiger charge is 2.18.